The van der Waals surface area contributed by atoms with Gasteiger partial charge in [-0.05, 0) is 41.9 Å². The third-order valence-corrected chi connectivity index (χ3v) is 4.20. The number of benzene rings is 1. The molecule has 23 heavy (non-hydrogen) atoms. The molecule has 128 valence electrons. The van der Waals surface area contributed by atoms with Gasteiger partial charge in [0.25, 0.3) is 0 Å². The van der Waals surface area contributed by atoms with Crippen molar-refractivity contribution in [3.05, 3.63) is 29.3 Å². The average Bonchev–Trinajstić information content (AvgIpc) is 2.99. The van der Waals surface area contributed by atoms with Crippen LogP contribution in [0.15, 0.2) is 18.2 Å². The van der Waals surface area contributed by atoms with Crippen molar-refractivity contribution < 1.29 is 14.6 Å². The normalized spacial score (nSPS) is 13.3. The van der Waals surface area contributed by atoms with Crippen LogP contribution in [0.25, 0.3) is 0 Å². The molecule has 0 atom stereocenters. The number of amides is 2. The zero-order valence-corrected chi connectivity index (χ0v) is 14.2. The highest BCUT2D eigenvalue weighted by atomic mass is 16.5. The molecule has 5 heteroatoms. The van der Waals surface area contributed by atoms with Crippen LogP contribution in [0.5, 0.6) is 5.75 Å². The lowest BCUT2D eigenvalue weighted by Gasteiger charge is -2.21. The van der Waals surface area contributed by atoms with Gasteiger partial charge in [-0.2, -0.15) is 0 Å². The molecule has 5 nitrogen and oxygen atoms in total. The van der Waals surface area contributed by atoms with Gasteiger partial charge < -0.3 is 20.5 Å². The maximum absolute atomic E-state index is 11.7. The summed E-state index contributed by atoms with van der Waals surface area (Å²) in [6.45, 7) is 6.24. The van der Waals surface area contributed by atoms with Crippen LogP contribution in [-0.4, -0.2) is 37.4 Å². The van der Waals surface area contributed by atoms with Crippen LogP contribution in [0.1, 0.15) is 37.8 Å². The summed E-state index contributed by atoms with van der Waals surface area (Å²) >= 11 is 0. The van der Waals surface area contributed by atoms with Gasteiger partial charge in [0.2, 0.25) is 0 Å². The van der Waals surface area contributed by atoms with Gasteiger partial charge in [-0.3, -0.25) is 0 Å². The molecule has 0 aromatic heterocycles. The van der Waals surface area contributed by atoms with Crippen LogP contribution >= 0.6 is 0 Å². The third kappa shape index (κ3) is 5.75. The maximum atomic E-state index is 11.7. The largest absolute Gasteiger partial charge is 0.493 e. The predicted octanol–water partition coefficient (Wildman–Crippen LogP) is 2.26. The summed E-state index contributed by atoms with van der Waals surface area (Å²) in [7, 11) is 0. The minimum atomic E-state index is -0.128. The number of aliphatic hydroxyl groups excluding tert-OH is 1. The monoisotopic (exact) mass is 320 g/mol. The number of urea groups is 1. The average molecular weight is 320 g/mol. The van der Waals surface area contributed by atoms with Crippen molar-refractivity contribution >= 4 is 6.03 Å². The van der Waals surface area contributed by atoms with E-state index in [1.54, 1.807) is 0 Å². The first kappa shape index (κ1) is 17.6. The van der Waals surface area contributed by atoms with Gasteiger partial charge in [-0.15, -0.1) is 0 Å². The van der Waals surface area contributed by atoms with Crippen LogP contribution in [0, 0.1) is 5.41 Å². The van der Waals surface area contributed by atoms with Gasteiger partial charge in [0.15, 0.2) is 0 Å². The van der Waals surface area contributed by atoms with E-state index in [1.165, 1.54) is 11.1 Å². The number of carbonyl (C=O) groups excluding carboxylic acids is 1. The molecule has 0 bridgehead atoms. The highest BCUT2D eigenvalue weighted by Gasteiger charge is 2.15. The molecule has 1 aromatic carbocycles. The quantitative estimate of drug-likeness (QED) is 0.644. The number of nitrogens with one attached hydrogen (secondary N) is 2. The topological polar surface area (TPSA) is 70.6 Å². The zero-order chi connectivity index (χ0) is 16.7. The van der Waals surface area contributed by atoms with E-state index in [4.69, 9.17) is 4.74 Å². The molecule has 2 amide bonds. The molecule has 1 heterocycles. The summed E-state index contributed by atoms with van der Waals surface area (Å²) in [4.78, 5) is 11.7. The van der Waals surface area contributed by atoms with Gasteiger partial charge in [-0.1, -0.05) is 26.0 Å². The Morgan fingerprint density at radius 3 is 2.87 bits per heavy atom. The molecule has 0 aliphatic carbocycles. The summed E-state index contributed by atoms with van der Waals surface area (Å²) in [6, 6.07) is 6.11. The number of hydrogen-bond donors (Lipinski definition) is 3. The van der Waals surface area contributed by atoms with Crippen molar-refractivity contribution in [3.8, 4) is 5.75 Å². The number of fused-ring (bicyclic) bond motifs is 1. The summed E-state index contributed by atoms with van der Waals surface area (Å²) in [6.07, 6.45) is 3.55. The maximum Gasteiger partial charge on any atom is 0.314 e. The highest BCUT2D eigenvalue weighted by Crippen LogP contribution is 2.25. The van der Waals surface area contributed by atoms with E-state index < -0.39 is 0 Å². The minimum absolute atomic E-state index is 0.0740. The van der Waals surface area contributed by atoms with Crippen molar-refractivity contribution in [1.29, 1.82) is 0 Å². The number of hydrogen-bond acceptors (Lipinski definition) is 3. The van der Waals surface area contributed by atoms with Crippen molar-refractivity contribution in [3.63, 3.8) is 0 Å². The second-order valence-electron chi connectivity index (χ2n) is 6.90. The van der Waals surface area contributed by atoms with E-state index in [-0.39, 0.29) is 18.1 Å². The Morgan fingerprint density at radius 1 is 1.30 bits per heavy atom. The van der Waals surface area contributed by atoms with E-state index in [0.717, 1.165) is 38.0 Å². The van der Waals surface area contributed by atoms with Crippen LogP contribution < -0.4 is 15.4 Å². The van der Waals surface area contributed by atoms with Crippen LogP contribution in [-0.2, 0) is 12.8 Å². The first-order valence-electron chi connectivity index (χ1n) is 8.37. The zero-order valence-electron chi connectivity index (χ0n) is 14.2. The molecule has 1 aromatic rings. The van der Waals surface area contributed by atoms with E-state index in [0.29, 0.717) is 13.1 Å². The van der Waals surface area contributed by atoms with Crippen LogP contribution in [0.2, 0.25) is 0 Å². The molecule has 0 fully saturated rings. The smallest absolute Gasteiger partial charge is 0.314 e. The molecular weight excluding hydrogens is 292 g/mol. The summed E-state index contributed by atoms with van der Waals surface area (Å²) < 4.78 is 5.49. The van der Waals surface area contributed by atoms with Gasteiger partial charge >= 0.3 is 6.03 Å². The fourth-order valence-corrected chi connectivity index (χ4v) is 2.63. The summed E-state index contributed by atoms with van der Waals surface area (Å²) in [5.74, 6) is 0.991. The lowest BCUT2D eigenvalue weighted by Crippen LogP contribution is -2.37. The molecule has 0 saturated heterocycles. The lowest BCUT2D eigenvalue weighted by atomic mass is 9.89. The standard InChI is InChI=1S/C18H28N2O3/c1-18(2,13-21)8-3-9-19-17(22)20-10-6-14-4-5-16-15(12-14)7-11-23-16/h4-5,12,21H,3,6-11,13H2,1-2H3,(H2,19,20,22). The van der Waals surface area contributed by atoms with E-state index >= 15 is 0 Å². The molecule has 0 unspecified atom stereocenters. The van der Waals surface area contributed by atoms with Crippen molar-refractivity contribution in [1.82, 2.24) is 10.6 Å². The summed E-state index contributed by atoms with van der Waals surface area (Å²) in [5.41, 5.74) is 2.41. The Labute approximate surface area is 138 Å². The molecule has 0 saturated carbocycles. The Bertz CT molecular complexity index is 529. The Kier molecular flexibility index (Phi) is 6.28. The second-order valence-corrected chi connectivity index (χ2v) is 6.90. The lowest BCUT2D eigenvalue weighted by molar-refractivity contribution is 0.148. The minimum Gasteiger partial charge on any atom is -0.493 e. The fraction of sp³-hybridized carbons (Fsp3) is 0.611. The van der Waals surface area contributed by atoms with Gasteiger partial charge in [0, 0.05) is 26.1 Å². The molecular formula is C18H28N2O3. The second kappa shape index (κ2) is 8.20. The highest BCUT2D eigenvalue weighted by molar-refractivity contribution is 5.73. The van der Waals surface area contributed by atoms with E-state index in [1.807, 2.05) is 19.9 Å². The van der Waals surface area contributed by atoms with Crippen molar-refractivity contribution in [2.75, 3.05) is 26.3 Å². The van der Waals surface area contributed by atoms with Gasteiger partial charge in [0.1, 0.15) is 5.75 Å². The Hall–Kier alpha value is -1.75. The fourth-order valence-electron chi connectivity index (χ4n) is 2.63. The number of aliphatic hydroxyl groups is 1. The molecule has 0 radical (unpaired) electrons. The molecule has 3 N–H and O–H groups in total. The first-order valence-corrected chi connectivity index (χ1v) is 8.37. The van der Waals surface area contributed by atoms with Crippen LogP contribution in [0.4, 0.5) is 4.79 Å². The summed E-state index contributed by atoms with van der Waals surface area (Å²) in [5, 5.41) is 14.9. The molecule has 1 aliphatic heterocycles. The number of ether oxygens (including phenoxy) is 1. The Balaban J connectivity index is 1.60. The number of carbonyl (C=O) groups is 1. The van der Waals surface area contributed by atoms with E-state index in [9.17, 15) is 9.90 Å². The third-order valence-electron chi connectivity index (χ3n) is 4.20. The SMILES string of the molecule is CC(C)(CO)CCCNC(=O)NCCc1ccc2c(c1)CCO2. The van der Waals surface area contributed by atoms with Crippen LogP contribution in [0.3, 0.4) is 0 Å². The van der Waals surface area contributed by atoms with Gasteiger partial charge in [0.05, 0.1) is 6.61 Å². The van der Waals surface area contributed by atoms with Gasteiger partial charge in [-0.25, -0.2) is 4.79 Å². The first-order chi connectivity index (χ1) is 11.0. The van der Waals surface area contributed by atoms with Crippen molar-refractivity contribution in [2.45, 2.75) is 39.5 Å². The molecule has 1 aliphatic rings. The Morgan fingerprint density at radius 2 is 2.09 bits per heavy atom. The predicted molar refractivity (Wildman–Crippen MR) is 90.8 cm³/mol. The van der Waals surface area contributed by atoms with Crippen molar-refractivity contribution in [2.24, 2.45) is 5.41 Å². The van der Waals surface area contributed by atoms with E-state index in [2.05, 4.69) is 22.8 Å². The number of rotatable bonds is 8. The molecule has 2 rings (SSSR count). The molecule has 0 spiro atoms.